The SMILES string of the molecule is CC(C)(C)OC(=O)N1CCN(c2nc3c(Nc4ccc(Cc5ccn6ncnc6c5)cc4)ncnc3cc2Br)C[C@@H]1CO. The van der Waals surface area contributed by atoms with Crippen LogP contribution in [0.5, 0.6) is 0 Å². The fourth-order valence-corrected chi connectivity index (χ4v) is 5.63. The average molecular weight is 647 g/mol. The summed E-state index contributed by atoms with van der Waals surface area (Å²) < 4.78 is 8.07. The van der Waals surface area contributed by atoms with Crippen LogP contribution < -0.4 is 10.2 Å². The smallest absolute Gasteiger partial charge is 0.410 e. The molecule has 1 aromatic carbocycles. The van der Waals surface area contributed by atoms with E-state index in [2.05, 4.69) is 53.4 Å². The molecule has 1 aliphatic heterocycles. The van der Waals surface area contributed by atoms with Gasteiger partial charge in [0.15, 0.2) is 11.5 Å². The Hall–Kier alpha value is -4.36. The highest BCUT2D eigenvalue weighted by Gasteiger charge is 2.34. The summed E-state index contributed by atoms with van der Waals surface area (Å²) in [6, 6.07) is 13.7. The largest absolute Gasteiger partial charge is 0.444 e. The number of hydrogen-bond acceptors (Lipinski definition) is 10. The number of nitrogens with zero attached hydrogens (tertiary/aromatic N) is 8. The number of pyridine rings is 2. The van der Waals surface area contributed by atoms with Crippen molar-refractivity contribution < 1.29 is 14.6 Å². The normalized spacial score (nSPS) is 15.7. The summed E-state index contributed by atoms with van der Waals surface area (Å²) in [5.41, 5.74) is 4.68. The highest BCUT2D eigenvalue weighted by atomic mass is 79.9. The van der Waals surface area contributed by atoms with Crippen molar-refractivity contribution in [3.63, 3.8) is 0 Å². The Morgan fingerprint density at radius 2 is 1.88 bits per heavy atom. The van der Waals surface area contributed by atoms with E-state index in [9.17, 15) is 9.90 Å². The van der Waals surface area contributed by atoms with Gasteiger partial charge in [0.25, 0.3) is 0 Å². The van der Waals surface area contributed by atoms with E-state index >= 15 is 0 Å². The average Bonchev–Trinajstić information content (AvgIpc) is 3.45. The quantitative estimate of drug-likeness (QED) is 0.270. The van der Waals surface area contributed by atoms with Gasteiger partial charge in [0.1, 0.15) is 29.6 Å². The predicted molar refractivity (Wildman–Crippen MR) is 167 cm³/mol. The van der Waals surface area contributed by atoms with Gasteiger partial charge in [-0.1, -0.05) is 12.1 Å². The Morgan fingerprint density at radius 3 is 2.65 bits per heavy atom. The van der Waals surface area contributed by atoms with E-state index in [4.69, 9.17) is 9.72 Å². The van der Waals surface area contributed by atoms with E-state index in [-0.39, 0.29) is 6.61 Å². The lowest BCUT2D eigenvalue weighted by atomic mass is 10.1. The zero-order valence-electron chi connectivity index (χ0n) is 24.1. The molecule has 12 nitrogen and oxygen atoms in total. The maximum absolute atomic E-state index is 12.8. The van der Waals surface area contributed by atoms with E-state index in [1.807, 2.05) is 62.2 Å². The number of rotatable bonds is 6. The topological polar surface area (TPSA) is 134 Å². The van der Waals surface area contributed by atoms with Crippen molar-refractivity contribution >= 4 is 56.0 Å². The molecule has 0 unspecified atom stereocenters. The van der Waals surface area contributed by atoms with E-state index in [0.29, 0.717) is 42.3 Å². The summed E-state index contributed by atoms with van der Waals surface area (Å²) in [5.74, 6) is 1.27. The number of anilines is 3. The summed E-state index contributed by atoms with van der Waals surface area (Å²) >= 11 is 3.65. The molecule has 1 aliphatic rings. The lowest BCUT2D eigenvalue weighted by molar-refractivity contribution is 0.00698. The molecule has 13 heteroatoms. The third kappa shape index (κ3) is 6.37. The molecule has 4 aromatic heterocycles. The third-order valence-corrected chi connectivity index (χ3v) is 7.72. The number of hydrogen-bond donors (Lipinski definition) is 2. The van der Waals surface area contributed by atoms with Gasteiger partial charge in [-0.05, 0) is 84.6 Å². The van der Waals surface area contributed by atoms with Gasteiger partial charge in [0.2, 0.25) is 0 Å². The first-order valence-electron chi connectivity index (χ1n) is 14.0. The second-order valence-corrected chi connectivity index (χ2v) is 12.3. The molecule has 0 radical (unpaired) electrons. The molecule has 1 saturated heterocycles. The molecular formula is C30H32BrN9O3. The van der Waals surface area contributed by atoms with Crippen LogP contribution in [0.25, 0.3) is 16.7 Å². The molecule has 0 bridgehead atoms. The van der Waals surface area contributed by atoms with Gasteiger partial charge < -0.3 is 20.1 Å². The highest BCUT2D eigenvalue weighted by Crippen LogP contribution is 2.32. The van der Waals surface area contributed by atoms with Gasteiger partial charge in [0.05, 0.1) is 22.6 Å². The number of aliphatic hydroxyl groups excluding tert-OH is 1. The van der Waals surface area contributed by atoms with Crippen LogP contribution in [-0.4, -0.2) is 83.5 Å². The van der Waals surface area contributed by atoms with Crippen molar-refractivity contribution in [1.82, 2.24) is 34.4 Å². The summed E-state index contributed by atoms with van der Waals surface area (Å²) in [6.45, 7) is 6.60. The fraction of sp³-hybridized carbons (Fsp3) is 0.333. The van der Waals surface area contributed by atoms with Crippen LogP contribution in [0.3, 0.4) is 0 Å². The molecule has 1 amide bonds. The van der Waals surface area contributed by atoms with Crippen molar-refractivity contribution in [2.24, 2.45) is 0 Å². The van der Waals surface area contributed by atoms with Crippen LogP contribution >= 0.6 is 15.9 Å². The Labute approximate surface area is 256 Å². The molecule has 0 saturated carbocycles. The Kier molecular flexibility index (Phi) is 7.84. The molecule has 0 aliphatic carbocycles. The molecular weight excluding hydrogens is 614 g/mol. The summed E-state index contributed by atoms with van der Waals surface area (Å²) in [4.78, 5) is 34.5. The van der Waals surface area contributed by atoms with Crippen LogP contribution in [0.1, 0.15) is 31.9 Å². The zero-order valence-corrected chi connectivity index (χ0v) is 25.7. The first kappa shape index (κ1) is 28.7. The van der Waals surface area contributed by atoms with Gasteiger partial charge in [-0.3, -0.25) is 4.90 Å². The molecule has 1 fully saturated rings. The number of amides is 1. The summed E-state index contributed by atoms with van der Waals surface area (Å²) in [5, 5.41) is 17.7. The van der Waals surface area contributed by atoms with E-state index < -0.39 is 17.7 Å². The van der Waals surface area contributed by atoms with Crippen molar-refractivity contribution in [3.05, 3.63) is 76.9 Å². The number of aromatic nitrogens is 6. The number of piperazine rings is 1. The lowest BCUT2D eigenvalue weighted by Gasteiger charge is -2.41. The number of ether oxygens (including phenoxy) is 1. The number of aliphatic hydroxyl groups is 1. The number of carbonyl (C=O) groups is 1. The molecule has 6 rings (SSSR count). The van der Waals surface area contributed by atoms with Crippen molar-refractivity contribution in [3.8, 4) is 0 Å². The van der Waals surface area contributed by atoms with E-state index in [0.717, 1.165) is 33.4 Å². The number of carbonyl (C=O) groups excluding carboxylic acids is 1. The Balaban J connectivity index is 1.20. The minimum atomic E-state index is -0.617. The van der Waals surface area contributed by atoms with Gasteiger partial charge in [-0.2, -0.15) is 5.10 Å². The van der Waals surface area contributed by atoms with Crippen LogP contribution in [0.2, 0.25) is 0 Å². The van der Waals surface area contributed by atoms with Gasteiger partial charge in [-0.25, -0.2) is 29.2 Å². The van der Waals surface area contributed by atoms with E-state index in [1.165, 1.54) is 6.33 Å². The Bertz CT molecular complexity index is 1770. The molecule has 5 heterocycles. The monoisotopic (exact) mass is 645 g/mol. The second kappa shape index (κ2) is 11.7. The van der Waals surface area contributed by atoms with Gasteiger partial charge in [-0.15, -0.1) is 0 Å². The second-order valence-electron chi connectivity index (χ2n) is 11.4. The molecule has 5 aromatic rings. The molecule has 0 spiro atoms. The predicted octanol–water partition coefficient (Wildman–Crippen LogP) is 4.58. The van der Waals surface area contributed by atoms with Crippen molar-refractivity contribution in [2.45, 2.75) is 38.8 Å². The minimum absolute atomic E-state index is 0.192. The molecule has 222 valence electrons. The van der Waals surface area contributed by atoms with Crippen LogP contribution in [0.15, 0.2) is 65.8 Å². The maximum Gasteiger partial charge on any atom is 0.410 e. The third-order valence-electron chi connectivity index (χ3n) is 7.14. The summed E-state index contributed by atoms with van der Waals surface area (Å²) in [6.07, 6.45) is 5.31. The highest BCUT2D eigenvalue weighted by molar-refractivity contribution is 9.10. The fourth-order valence-electron chi connectivity index (χ4n) is 5.08. The molecule has 2 N–H and O–H groups in total. The van der Waals surface area contributed by atoms with Gasteiger partial charge in [0, 0.05) is 31.5 Å². The zero-order chi connectivity index (χ0) is 30.1. The van der Waals surface area contributed by atoms with Crippen LogP contribution in [0, 0.1) is 0 Å². The first-order chi connectivity index (χ1) is 20.7. The standard InChI is InChI=1S/C30H32BrN9O3/c1-30(2,3)43-29(42)39-11-10-38(15-22(39)16-41)28-23(31)14-24-26(37-28)27(34-17-32-24)36-21-6-4-19(5-7-21)12-20-8-9-40-25(13-20)33-18-35-40/h4-9,13-14,17-18,22,41H,10-12,15-16H2,1-3H3,(H,32,34,36)/t22-/m1/s1. The van der Waals surface area contributed by atoms with Gasteiger partial charge >= 0.3 is 6.09 Å². The van der Waals surface area contributed by atoms with E-state index in [1.54, 1.807) is 15.7 Å². The van der Waals surface area contributed by atoms with Crippen LogP contribution in [-0.2, 0) is 11.2 Å². The number of nitrogens with one attached hydrogen (secondary N) is 1. The van der Waals surface area contributed by atoms with Crippen molar-refractivity contribution in [2.75, 3.05) is 36.5 Å². The number of fused-ring (bicyclic) bond motifs is 2. The summed E-state index contributed by atoms with van der Waals surface area (Å²) in [7, 11) is 0. The van der Waals surface area contributed by atoms with Crippen LogP contribution in [0.4, 0.5) is 22.1 Å². The number of halogens is 1. The first-order valence-corrected chi connectivity index (χ1v) is 14.8. The molecule has 1 atom stereocenters. The lowest BCUT2D eigenvalue weighted by Crippen LogP contribution is -2.57. The minimum Gasteiger partial charge on any atom is -0.444 e. The van der Waals surface area contributed by atoms with Crippen molar-refractivity contribution in [1.29, 1.82) is 0 Å². The maximum atomic E-state index is 12.8. The number of benzene rings is 1. The molecule has 43 heavy (non-hydrogen) atoms. The Morgan fingerprint density at radius 1 is 1.07 bits per heavy atom.